The third kappa shape index (κ3) is 7.74. The number of aromatic nitrogens is 2. The maximum absolute atomic E-state index is 13.1. The molecule has 0 spiro atoms. The van der Waals surface area contributed by atoms with Crippen LogP contribution in [0.15, 0.2) is 72.9 Å². The smallest absolute Gasteiger partial charge is 0.416 e. The maximum atomic E-state index is 13.1. The normalized spacial score (nSPS) is 13.9. The minimum absolute atomic E-state index is 0. The van der Waals surface area contributed by atoms with E-state index in [-0.39, 0.29) is 36.5 Å². The van der Waals surface area contributed by atoms with Crippen LogP contribution in [0.1, 0.15) is 22.6 Å². The molecule has 1 aliphatic rings. The first kappa shape index (κ1) is 32.3. The van der Waals surface area contributed by atoms with Crippen molar-refractivity contribution in [2.24, 2.45) is 0 Å². The monoisotopic (exact) mass is 626 g/mol. The van der Waals surface area contributed by atoms with Gasteiger partial charge in [0.25, 0.3) is 0 Å². The van der Waals surface area contributed by atoms with E-state index in [2.05, 4.69) is 14.9 Å². The number of carbonyl (C=O) groups is 1. The van der Waals surface area contributed by atoms with Crippen LogP contribution in [0.3, 0.4) is 0 Å². The summed E-state index contributed by atoms with van der Waals surface area (Å²) in [4.78, 5) is 24.4. The van der Waals surface area contributed by atoms with E-state index in [1.54, 1.807) is 23.2 Å². The number of rotatable bonds is 7. The van der Waals surface area contributed by atoms with E-state index in [0.29, 0.717) is 36.6 Å². The number of methoxy groups -OCH3 is 1. The molecular formula is C29H28Cl3F3N4O2. The van der Waals surface area contributed by atoms with Crippen LogP contribution in [0.4, 0.5) is 18.9 Å². The molecule has 4 aromatic rings. The van der Waals surface area contributed by atoms with Gasteiger partial charge in [-0.1, -0.05) is 48.0 Å². The Bertz CT molecular complexity index is 1480. The van der Waals surface area contributed by atoms with Gasteiger partial charge in [0.2, 0.25) is 5.91 Å². The molecule has 1 N–H and O–H groups in total. The summed E-state index contributed by atoms with van der Waals surface area (Å²) in [5.41, 5.74) is 3.31. The highest BCUT2D eigenvalue weighted by Gasteiger charge is 2.31. The molecule has 0 aliphatic carbocycles. The van der Waals surface area contributed by atoms with Gasteiger partial charge < -0.3 is 14.6 Å². The lowest BCUT2D eigenvalue weighted by atomic mass is 10.00. The lowest BCUT2D eigenvalue weighted by Crippen LogP contribution is -2.50. The number of aromatic amines is 1. The molecule has 0 atom stereocenters. The van der Waals surface area contributed by atoms with E-state index in [4.69, 9.17) is 16.3 Å². The summed E-state index contributed by atoms with van der Waals surface area (Å²) >= 11 is 6.08. The maximum Gasteiger partial charge on any atom is 0.416 e. The number of hydrogen-bond acceptors (Lipinski definition) is 4. The Labute approximate surface area is 253 Å². The number of imidazole rings is 1. The predicted octanol–water partition coefficient (Wildman–Crippen LogP) is 7.04. The summed E-state index contributed by atoms with van der Waals surface area (Å²) in [6, 6.07) is 18.3. The van der Waals surface area contributed by atoms with Crippen molar-refractivity contribution < 1.29 is 22.7 Å². The molecule has 41 heavy (non-hydrogen) atoms. The molecule has 1 fully saturated rings. The van der Waals surface area contributed by atoms with Gasteiger partial charge in [0.1, 0.15) is 11.6 Å². The van der Waals surface area contributed by atoms with Crippen LogP contribution >= 0.6 is 36.4 Å². The second kappa shape index (κ2) is 13.6. The van der Waals surface area contributed by atoms with Crippen molar-refractivity contribution >= 4 is 48.0 Å². The summed E-state index contributed by atoms with van der Waals surface area (Å²) in [7, 11) is 1.36. The third-order valence-electron chi connectivity index (χ3n) is 6.66. The van der Waals surface area contributed by atoms with Crippen molar-refractivity contribution in [2.45, 2.75) is 19.1 Å². The number of amides is 1. The summed E-state index contributed by atoms with van der Waals surface area (Å²) in [5.74, 6) is 0.974. The van der Waals surface area contributed by atoms with Gasteiger partial charge in [-0.15, -0.1) is 24.8 Å². The topological polar surface area (TPSA) is 61.5 Å². The van der Waals surface area contributed by atoms with E-state index in [9.17, 15) is 18.0 Å². The van der Waals surface area contributed by atoms with Crippen LogP contribution in [0, 0.1) is 0 Å². The highest BCUT2D eigenvalue weighted by atomic mass is 35.5. The standard InChI is InChI=1S/C29H26ClF3N4O2.2ClH/c1-39-26-14-21(29(31,32)33)9-10-25(26)20-7-5-19(6-8-20)13-27-34-16-23(35-27)17-36-11-12-37(28(38)18-36)24-4-2-3-22(30)15-24;;/h2-10,14-16H,11-13,17-18H2,1H3,(H,34,35);2*1H. The lowest BCUT2D eigenvalue weighted by Gasteiger charge is -2.34. The van der Waals surface area contributed by atoms with Gasteiger partial charge in [-0.2, -0.15) is 13.2 Å². The fraction of sp³-hybridized carbons (Fsp3) is 0.241. The first-order valence-electron chi connectivity index (χ1n) is 12.4. The molecule has 12 heteroatoms. The van der Waals surface area contributed by atoms with Gasteiger partial charge in [0.15, 0.2) is 0 Å². The average Bonchev–Trinajstić information content (AvgIpc) is 3.34. The molecule has 0 bridgehead atoms. The summed E-state index contributed by atoms with van der Waals surface area (Å²) in [6.45, 7) is 2.18. The molecule has 1 aromatic heterocycles. The Morgan fingerprint density at radius 1 is 1.02 bits per heavy atom. The molecule has 3 aromatic carbocycles. The van der Waals surface area contributed by atoms with Crippen molar-refractivity contribution in [3.63, 3.8) is 0 Å². The minimum Gasteiger partial charge on any atom is -0.496 e. The quantitative estimate of drug-likeness (QED) is 0.239. The van der Waals surface area contributed by atoms with Gasteiger partial charge in [-0.05, 0) is 41.5 Å². The molecule has 6 nitrogen and oxygen atoms in total. The summed E-state index contributed by atoms with van der Waals surface area (Å²) in [6.07, 6.45) is -2.09. The number of anilines is 1. The van der Waals surface area contributed by atoms with Crippen molar-refractivity contribution in [3.05, 3.63) is 101 Å². The number of halogens is 6. The van der Waals surface area contributed by atoms with Crippen LogP contribution in [0.5, 0.6) is 5.75 Å². The second-order valence-corrected chi connectivity index (χ2v) is 9.81. The van der Waals surface area contributed by atoms with E-state index in [1.807, 2.05) is 36.4 Å². The third-order valence-corrected chi connectivity index (χ3v) is 6.90. The van der Waals surface area contributed by atoms with Crippen molar-refractivity contribution in [2.75, 3.05) is 31.6 Å². The summed E-state index contributed by atoms with van der Waals surface area (Å²) in [5, 5.41) is 0.599. The molecule has 0 radical (unpaired) electrons. The number of nitrogens with zero attached hydrogens (tertiary/aromatic N) is 3. The van der Waals surface area contributed by atoms with Crippen LogP contribution in [-0.4, -0.2) is 47.5 Å². The number of alkyl halides is 3. The number of ether oxygens (including phenoxy) is 1. The number of piperazine rings is 1. The fourth-order valence-electron chi connectivity index (χ4n) is 4.69. The number of benzene rings is 3. The molecule has 5 rings (SSSR count). The number of nitrogens with one attached hydrogen (secondary N) is 1. The van der Waals surface area contributed by atoms with Gasteiger partial charge in [0, 0.05) is 54.2 Å². The zero-order valence-electron chi connectivity index (χ0n) is 22.0. The molecule has 0 saturated carbocycles. The Morgan fingerprint density at radius 2 is 1.78 bits per heavy atom. The number of H-pyrrole nitrogens is 1. The largest absolute Gasteiger partial charge is 0.496 e. The van der Waals surface area contributed by atoms with Crippen LogP contribution in [0.2, 0.25) is 5.02 Å². The molecule has 1 aliphatic heterocycles. The molecule has 1 amide bonds. The van der Waals surface area contributed by atoms with Crippen molar-refractivity contribution in [3.8, 4) is 16.9 Å². The first-order valence-corrected chi connectivity index (χ1v) is 12.7. The minimum atomic E-state index is -4.43. The van der Waals surface area contributed by atoms with E-state index >= 15 is 0 Å². The first-order chi connectivity index (χ1) is 18.7. The fourth-order valence-corrected chi connectivity index (χ4v) is 4.88. The van der Waals surface area contributed by atoms with Gasteiger partial charge in [0.05, 0.1) is 19.2 Å². The Balaban J connectivity index is 0.00000231. The van der Waals surface area contributed by atoms with E-state index < -0.39 is 11.7 Å². The van der Waals surface area contributed by atoms with Crippen LogP contribution < -0.4 is 9.64 Å². The highest BCUT2D eigenvalue weighted by molar-refractivity contribution is 6.30. The second-order valence-electron chi connectivity index (χ2n) is 9.38. The predicted molar refractivity (Wildman–Crippen MR) is 158 cm³/mol. The number of hydrogen-bond donors (Lipinski definition) is 1. The zero-order valence-corrected chi connectivity index (χ0v) is 24.3. The van der Waals surface area contributed by atoms with E-state index in [1.165, 1.54) is 13.2 Å². The highest BCUT2D eigenvalue weighted by Crippen LogP contribution is 2.37. The summed E-state index contributed by atoms with van der Waals surface area (Å²) < 4.78 is 44.4. The van der Waals surface area contributed by atoms with Crippen LogP contribution in [0.25, 0.3) is 11.1 Å². The van der Waals surface area contributed by atoms with Crippen molar-refractivity contribution in [1.29, 1.82) is 0 Å². The van der Waals surface area contributed by atoms with Gasteiger partial charge >= 0.3 is 6.18 Å². The molecule has 218 valence electrons. The Kier molecular flexibility index (Phi) is 10.7. The molecule has 0 unspecified atom stereocenters. The Morgan fingerprint density at radius 3 is 2.44 bits per heavy atom. The van der Waals surface area contributed by atoms with Crippen molar-refractivity contribution in [1.82, 2.24) is 14.9 Å². The van der Waals surface area contributed by atoms with Gasteiger partial charge in [-0.3, -0.25) is 9.69 Å². The average molecular weight is 628 g/mol. The molecule has 2 heterocycles. The lowest BCUT2D eigenvalue weighted by molar-refractivity contribution is -0.137. The molecule has 1 saturated heterocycles. The van der Waals surface area contributed by atoms with Gasteiger partial charge in [-0.25, -0.2) is 4.98 Å². The van der Waals surface area contributed by atoms with E-state index in [0.717, 1.165) is 47.0 Å². The molecular weight excluding hydrogens is 600 g/mol. The Hall–Kier alpha value is -3.24. The number of carbonyl (C=O) groups excluding carboxylic acids is 1. The zero-order chi connectivity index (χ0) is 27.6. The van der Waals surface area contributed by atoms with Crippen LogP contribution in [-0.2, 0) is 23.9 Å². The SMILES string of the molecule is COc1cc(C(F)(F)F)ccc1-c1ccc(Cc2ncc(CN3CCN(c4cccc(Cl)c4)C(=O)C3)[nH]2)cc1.Cl.Cl.